The minimum absolute atomic E-state index is 0.0113. The lowest BCUT2D eigenvalue weighted by Crippen LogP contribution is -2.30. The summed E-state index contributed by atoms with van der Waals surface area (Å²) in [4.78, 5) is -0.0113. The molecule has 0 aliphatic heterocycles. The molecule has 0 aliphatic rings. The Labute approximate surface area is 159 Å². The summed E-state index contributed by atoms with van der Waals surface area (Å²) >= 11 is 3.25. The number of hydrogen-bond acceptors (Lipinski definition) is 2. The van der Waals surface area contributed by atoms with Gasteiger partial charge >= 0.3 is 6.18 Å². The molecular weight excluding hydrogens is 431 g/mol. The van der Waals surface area contributed by atoms with Crippen molar-refractivity contribution >= 4 is 26.0 Å². The van der Waals surface area contributed by atoms with E-state index in [1.807, 2.05) is 6.92 Å². The third-order valence-electron chi connectivity index (χ3n) is 3.75. The molecule has 1 unspecified atom stereocenters. The fraction of sp³-hybridized carbons (Fsp3) is 0.222. The quantitative estimate of drug-likeness (QED) is 0.611. The molecule has 0 saturated heterocycles. The van der Waals surface area contributed by atoms with Crippen LogP contribution in [-0.2, 0) is 10.0 Å². The van der Waals surface area contributed by atoms with Crippen LogP contribution in [0.4, 0.5) is 13.2 Å². The lowest BCUT2D eigenvalue weighted by atomic mass is 10.0. The number of sulfonamides is 1. The van der Waals surface area contributed by atoms with Gasteiger partial charge in [0, 0.05) is 10.0 Å². The van der Waals surface area contributed by atoms with E-state index in [1.54, 1.807) is 36.4 Å². The molecule has 140 valence electrons. The van der Waals surface area contributed by atoms with Gasteiger partial charge < -0.3 is 0 Å². The van der Waals surface area contributed by atoms with Crippen LogP contribution in [0.25, 0.3) is 0 Å². The highest BCUT2D eigenvalue weighted by Gasteiger charge is 2.34. The van der Waals surface area contributed by atoms with Crippen molar-refractivity contribution in [2.45, 2.75) is 30.5 Å². The number of alkyl halides is 3. The number of benzene rings is 2. The maximum absolute atomic E-state index is 12.9. The van der Waals surface area contributed by atoms with Crippen molar-refractivity contribution < 1.29 is 21.6 Å². The van der Waals surface area contributed by atoms with E-state index in [1.165, 1.54) is 12.1 Å². The van der Waals surface area contributed by atoms with Gasteiger partial charge in [0.05, 0.1) is 10.9 Å². The smallest absolute Gasteiger partial charge is 0.207 e. The Kier molecular flexibility index (Phi) is 6.31. The molecule has 0 amide bonds. The minimum atomic E-state index is -4.59. The average Bonchev–Trinajstić information content (AvgIpc) is 2.54. The highest BCUT2D eigenvalue weighted by molar-refractivity contribution is 9.10. The van der Waals surface area contributed by atoms with Crippen LogP contribution in [0.2, 0.25) is 0 Å². The average molecular weight is 448 g/mol. The number of nitrogens with one attached hydrogen (secondary N) is 1. The van der Waals surface area contributed by atoms with Gasteiger partial charge in [-0.2, -0.15) is 13.2 Å². The van der Waals surface area contributed by atoms with Crippen LogP contribution in [0.15, 0.2) is 70.1 Å². The standard InChI is InChI=1S/C18H17BrF3NO2S/c1-12-3-9-16(10-4-12)26(24,25)23-17(11-13(2)18(20,21)22)14-5-7-15(19)8-6-14/h3-10,17,23H,2,11H2,1H3. The summed E-state index contributed by atoms with van der Waals surface area (Å²) in [5.74, 6) is 0. The normalized spacial score (nSPS) is 13.4. The Morgan fingerprint density at radius 3 is 2.15 bits per heavy atom. The van der Waals surface area contributed by atoms with Crippen LogP contribution < -0.4 is 4.72 Å². The Balaban J connectivity index is 2.35. The molecule has 1 atom stereocenters. The Morgan fingerprint density at radius 2 is 1.65 bits per heavy atom. The molecule has 3 nitrogen and oxygen atoms in total. The van der Waals surface area contributed by atoms with Crippen molar-refractivity contribution in [2.24, 2.45) is 0 Å². The first-order chi connectivity index (χ1) is 12.0. The molecule has 2 aromatic carbocycles. The Hall–Kier alpha value is -1.64. The molecular formula is C18H17BrF3NO2S. The van der Waals surface area contributed by atoms with E-state index < -0.39 is 34.2 Å². The third kappa shape index (κ3) is 5.43. The van der Waals surface area contributed by atoms with Crippen LogP contribution in [0.5, 0.6) is 0 Å². The van der Waals surface area contributed by atoms with Gasteiger partial charge in [-0.05, 0) is 43.2 Å². The summed E-state index contributed by atoms with van der Waals surface area (Å²) in [6, 6.07) is 11.4. The van der Waals surface area contributed by atoms with Gasteiger partial charge in [-0.1, -0.05) is 52.3 Å². The highest BCUT2D eigenvalue weighted by atomic mass is 79.9. The van der Waals surface area contributed by atoms with Crippen molar-refractivity contribution in [3.8, 4) is 0 Å². The topological polar surface area (TPSA) is 46.2 Å². The first-order valence-corrected chi connectivity index (χ1v) is 9.86. The van der Waals surface area contributed by atoms with Gasteiger partial charge in [0.2, 0.25) is 10.0 Å². The van der Waals surface area contributed by atoms with E-state index in [2.05, 4.69) is 27.2 Å². The second kappa shape index (κ2) is 7.94. The van der Waals surface area contributed by atoms with E-state index in [0.717, 1.165) is 10.0 Å². The fourth-order valence-electron chi connectivity index (χ4n) is 2.26. The monoisotopic (exact) mass is 447 g/mol. The zero-order valence-corrected chi connectivity index (χ0v) is 16.2. The van der Waals surface area contributed by atoms with E-state index in [-0.39, 0.29) is 4.90 Å². The van der Waals surface area contributed by atoms with Crippen molar-refractivity contribution in [3.63, 3.8) is 0 Å². The van der Waals surface area contributed by atoms with Crippen LogP contribution in [0.3, 0.4) is 0 Å². The summed E-state index contributed by atoms with van der Waals surface area (Å²) in [5.41, 5.74) is 0.283. The predicted molar refractivity (Wildman–Crippen MR) is 98.2 cm³/mol. The van der Waals surface area contributed by atoms with Crippen molar-refractivity contribution in [1.82, 2.24) is 4.72 Å². The molecule has 0 radical (unpaired) electrons. The number of rotatable bonds is 6. The van der Waals surface area contributed by atoms with Gasteiger partial charge in [-0.25, -0.2) is 13.1 Å². The molecule has 0 spiro atoms. The van der Waals surface area contributed by atoms with Crippen LogP contribution in [-0.4, -0.2) is 14.6 Å². The second-order valence-electron chi connectivity index (χ2n) is 5.84. The van der Waals surface area contributed by atoms with E-state index in [4.69, 9.17) is 0 Å². The third-order valence-corrected chi connectivity index (χ3v) is 5.77. The summed E-state index contributed by atoms with van der Waals surface area (Å²) < 4.78 is 67.0. The van der Waals surface area contributed by atoms with Crippen molar-refractivity contribution in [3.05, 3.63) is 76.3 Å². The van der Waals surface area contributed by atoms with Gasteiger partial charge in [-0.3, -0.25) is 0 Å². The van der Waals surface area contributed by atoms with E-state index in [0.29, 0.717) is 5.56 Å². The maximum Gasteiger partial charge on any atom is 0.412 e. The molecule has 8 heteroatoms. The summed E-state index contributed by atoms with van der Waals surface area (Å²) in [6.45, 7) is 4.86. The molecule has 0 fully saturated rings. The largest absolute Gasteiger partial charge is 0.412 e. The molecule has 0 heterocycles. The molecule has 0 aromatic heterocycles. The zero-order valence-electron chi connectivity index (χ0n) is 13.8. The minimum Gasteiger partial charge on any atom is -0.207 e. The van der Waals surface area contributed by atoms with Gasteiger partial charge in [0.25, 0.3) is 0 Å². The zero-order chi connectivity index (χ0) is 19.5. The van der Waals surface area contributed by atoms with Crippen molar-refractivity contribution in [2.75, 3.05) is 0 Å². The van der Waals surface area contributed by atoms with E-state index >= 15 is 0 Å². The predicted octanol–water partition coefficient (Wildman–Crippen LogP) is 5.29. The molecule has 0 aliphatic carbocycles. The van der Waals surface area contributed by atoms with Crippen molar-refractivity contribution in [1.29, 1.82) is 0 Å². The molecule has 1 N–H and O–H groups in total. The summed E-state index contributed by atoms with van der Waals surface area (Å²) in [5, 5.41) is 0. The first kappa shape index (κ1) is 20.7. The number of aryl methyl sites for hydroxylation is 1. The highest BCUT2D eigenvalue weighted by Crippen LogP contribution is 2.33. The Bertz CT molecular complexity index is 876. The second-order valence-corrected chi connectivity index (χ2v) is 8.47. The molecule has 0 bridgehead atoms. The lowest BCUT2D eigenvalue weighted by molar-refractivity contribution is -0.0942. The van der Waals surface area contributed by atoms with Gasteiger partial charge in [0.1, 0.15) is 0 Å². The van der Waals surface area contributed by atoms with Crippen LogP contribution >= 0.6 is 15.9 Å². The first-order valence-electron chi connectivity index (χ1n) is 7.58. The van der Waals surface area contributed by atoms with Crippen LogP contribution in [0, 0.1) is 6.92 Å². The van der Waals surface area contributed by atoms with Crippen LogP contribution in [0.1, 0.15) is 23.6 Å². The summed E-state index contributed by atoms with van der Waals surface area (Å²) in [7, 11) is -4.00. The molecule has 2 aromatic rings. The molecule has 26 heavy (non-hydrogen) atoms. The fourth-order valence-corrected chi connectivity index (χ4v) is 3.75. The number of hydrogen-bond donors (Lipinski definition) is 1. The molecule has 2 rings (SSSR count). The number of halogens is 4. The SMILES string of the molecule is C=C(CC(NS(=O)(=O)c1ccc(C)cc1)c1ccc(Br)cc1)C(F)(F)F. The molecule has 0 saturated carbocycles. The summed E-state index contributed by atoms with van der Waals surface area (Å²) in [6.07, 6.45) is -5.18. The van der Waals surface area contributed by atoms with E-state index in [9.17, 15) is 21.6 Å². The van der Waals surface area contributed by atoms with Gasteiger partial charge in [-0.15, -0.1) is 0 Å². The maximum atomic E-state index is 12.9. The van der Waals surface area contributed by atoms with Gasteiger partial charge in [0.15, 0.2) is 0 Å². The lowest BCUT2D eigenvalue weighted by Gasteiger charge is -2.21. The Morgan fingerprint density at radius 1 is 1.12 bits per heavy atom.